The number of ether oxygens (including phenoxy) is 2. The number of hydrogen-bond donors (Lipinski definition) is 0. The minimum Gasteiger partial charge on any atom is -0.457 e. The highest BCUT2D eigenvalue weighted by molar-refractivity contribution is 7.14. The summed E-state index contributed by atoms with van der Waals surface area (Å²) in [4.78, 5) is 31.1. The van der Waals surface area contributed by atoms with E-state index in [-0.39, 0.29) is 12.3 Å². The number of amides is 1. The van der Waals surface area contributed by atoms with E-state index in [4.69, 9.17) is 9.47 Å². The molecule has 0 bridgehead atoms. The van der Waals surface area contributed by atoms with Gasteiger partial charge in [0, 0.05) is 11.9 Å². The standard InChI is InChI=1S/C18H23F2N3O4S/c1-5-8-26-14(24)11-9-28-15(21-11)22-7-6-12-13(22)18(19,20)10-23(12)16(25)27-17(2,3)4/h5,9,12-13H,1,6-8,10H2,2-4H3/t12-,13+/m0/s1. The first-order chi connectivity index (χ1) is 13.0. The molecule has 2 fully saturated rings. The van der Waals surface area contributed by atoms with Gasteiger partial charge in [-0.1, -0.05) is 12.7 Å². The first-order valence-electron chi connectivity index (χ1n) is 8.91. The Labute approximate surface area is 165 Å². The molecule has 7 nitrogen and oxygen atoms in total. The lowest BCUT2D eigenvalue weighted by Crippen LogP contribution is -2.45. The van der Waals surface area contributed by atoms with Crippen molar-refractivity contribution in [1.82, 2.24) is 9.88 Å². The topological polar surface area (TPSA) is 72.0 Å². The zero-order valence-corrected chi connectivity index (χ0v) is 16.8. The second-order valence-corrected chi connectivity index (χ2v) is 8.60. The number of halogens is 2. The highest BCUT2D eigenvalue weighted by atomic mass is 32.1. The largest absolute Gasteiger partial charge is 0.457 e. The molecule has 2 atom stereocenters. The van der Waals surface area contributed by atoms with E-state index in [1.165, 1.54) is 16.4 Å². The van der Waals surface area contributed by atoms with Gasteiger partial charge in [-0.2, -0.15) is 0 Å². The van der Waals surface area contributed by atoms with Crippen LogP contribution in [0.25, 0.3) is 0 Å². The minimum atomic E-state index is -3.12. The van der Waals surface area contributed by atoms with Gasteiger partial charge in [0.2, 0.25) is 0 Å². The van der Waals surface area contributed by atoms with Gasteiger partial charge in [-0.05, 0) is 27.2 Å². The SMILES string of the molecule is C=CCOC(=O)c1csc(N2CC[C@H]3[C@@H]2C(F)(F)CN3C(=O)OC(C)(C)C)n1. The zero-order chi connectivity index (χ0) is 20.7. The summed E-state index contributed by atoms with van der Waals surface area (Å²) >= 11 is 1.10. The van der Waals surface area contributed by atoms with Crippen LogP contribution >= 0.6 is 11.3 Å². The Balaban J connectivity index is 1.78. The zero-order valence-electron chi connectivity index (χ0n) is 16.0. The van der Waals surface area contributed by atoms with E-state index < -0.39 is 42.2 Å². The van der Waals surface area contributed by atoms with Crippen LogP contribution in [0.5, 0.6) is 0 Å². The predicted octanol–water partition coefficient (Wildman–Crippen LogP) is 3.32. The number of aromatic nitrogens is 1. The number of carbonyl (C=O) groups excluding carboxylic acids is 2. The van der Waals surface area contributed by atoms with Crippen LogP contribution < -0.4 is 4.90 Å². The van der Waals surface area contributed by atoms with E-state index >= 15 is 0 Å². The Bertz CT molecular complexity index is 777. The molecule has 1 aromatic heterocycles. The van der Waals surface area contributed by atoms with Crippen molar-refractivity contribution in [2.45, 2.75) is 50.8 Å². The molecule has 0 unspecified atom stereocenters. The molecule has 0 radical (unpaired) electrons. The van der Waals surface area contributed by atoms with E-state index in [1.807, 2.05) is 0 Å². The predicted molar refractivity (Wildman–Crippen MR) is 100 cm³/mol. The molecule has 0 spiro atoms. The first-order valence-corrected chi connectivity index (χ1v) is 9.79. The summed E-state index contributed by atoms with van der Waals surface area (Å²) in [6.07, 6.45) is 1.06. The highest BCUT2D eigenvalue weighted by Crippen LogP contribution is 2.44. The van der Waals surface area contributed by atoms with E-state index in [1.54, 1.807) is 20.8 Å². The normalized spacial score (nSPS) is 23.5. The van der Waals surface area contributed by atoms with Crippen molar-refractivity contribution in [2.75, 3.05) is 24.6 Å². The molecule has 154 valence electrons. The lowest BCUT2D eigenvalue weighted by atomic mass is 10.1. The molecule has 2 aliphatic heterocycles. The van der Waals surface area contributed by atoms with Crippen molar-refractivity contribution in [3.63, 3.8) is 0 Å². The molecule has 2 aliphatic rings. The summed E-state index contributed by atoms with van der Waals surface area (Å²) in [5.74, 6) is -3.75. The number of rotatable bonds is 4. The number of nitrogens with zero attached hydrogens (tertiary/aromatic N) is 3. The Morgan fingerprint density at radius 3 is 2.82 bits per heavy atom. The van der Waals surface area contributed by atoms with Crippen LogP contribution in [0, 0.1) is 0 Å². The monoisotopic (exact) mass is 415 g/mol. The molecule has 0 aromatic carbocycles. The highest BCUT2D eigenvalue weighted by Gasteiger charge is 2.62. The molecule has 3 rings (SSSR count). The Morgan fingerprint density at radius 1 is 1.46 bits per heavy atom. The quantitative estimate of drug-likeness (QED) is 0.555. The molecule has 0 saturated carbocycles. The fourth-order valence-corrected chi connectivity index (χ4v) is 4.34. The molecule has 2 saturated heterocycles. The average Bonchev–Trinajstić information content (AvgIpc) is 3.27. The van der Waals surface area contributed by atoms with E-state index in [0.29, 0.717) is 18.1 Å². The number of esters is 1. The summed E-state index contributed by atoms with van der Waals surface area (Å²) in [5.41, 5.74) is -0.700. The maximum Gasteiger partial charge on any atom is 0.410 e. The summed E-state index contributed by atoms with van der Waals surface area (Å²) in [5, 5.41) is 1.79. The fourth-order valence-electron chi connectivity index (χ4n) is 3.48. The molecule has 0 aliphatic carbocycles. The van der Waals surface area contributed by atoms with Crippen LogP contribution in [0.15, 0.2) is 18.0 Å². The van der Waals surface area contributed by atoms with Gasteiger partial charge in [-0.25, -0.2) is 23.4 Å². The minimum absolute atomic E-state index is 0.0447. The molecule has 28 heavy (non-hydrogen) atoms. The molecule has 3 heterocycles. The summed E-state index contributed by atoms with van der Waals surface area (Å²) in [7, 11) is 0. The molecule has 1 amide bonds. The second kappa shape index (κ2) is 7.31. The summed E-state index contributed by atoms with van der Waals surface area (Å²) in [6.45, 7) is 8.19. The molecule has 0 N–H and O–H groups in total. The molecule has 10 heteroatoms. The number of hydrogen-bond acceptors (Lipinski definition) is 7. The van der Waals surface area contributed by atoms with Crippen molar-refractivity contribution in [3.05, 3.63) is 23.7 Å². The van der Waals surface area contributed by atoms with Gasteiger partial charge < -0.3 is 14.4 Å². The van der Waals surface area contributed by atoms with Crippen LogP contribution in [0.4, 0.5) is 18.7 Å². The maximum absolute atomic E-state index is 14.8. The third-order valence-electron chi connectivity index (χ3n) is 4.49. The van der Waals surface area contributed by atoms with Gasteiger partial charge in [0.05, 0.1) is 12.6 Å². The third kappa shape index (κ3) is 3.96. The van der Waals surface area contributed by atoms with Crippen LogP contribution in [0.1, 0.15) is 37.7 Å². The molecule has 1 aromatic rings. The summed E-state index contributed by atoms with van der Waals surface area (Å²) < 4.78 is 39.8. The van der Waals surface area contributed by atoms with Crippen molar-refractivity contribution < 1.29 is 27.8 Å². The smallest absolute Gasteiger partial charge is 0.410 e. The molecular formula is C18H23F2N3O4S. The Hall–Kier alpha value is -2.23. The van der Waals surface area contributed by atoms with Crippen LogP contribution in [-0.4, -0.2) is 65.3 Å². The lowest BCUT2D eigenvalue weighted by molar-refractivity contribution is -0.0109. The van der Waals surface area contributed by atoms with Crippen molar-refractivity contribution in [1.29, 1.82) is 0 Å². The van der Waals surface area contributed by atoms with E-state index in [0.717, 1.165) is 16.2 Å². The summed E-state index contributed by atoms with van der Waals surface area (Å²) in [6, 6.07) is -1.88. The van der Waals surface area contributed by atoms with Gasteiger partial charge in [0.1, 0.15) is 18.2 Å². The number of fused-ring (bicyclic) bond motifs is 1. The van der Waals surface area contributed by atoms with Crippen LogP contribution in [0.2, 0.25) is 0 Å². The molecular weight excluding hydrogens is 392 g/mol. The maximum atomic E-state index is 14.8. The number of likely N-dealkylation sites (tertiary alicyclic amines) is 1. The van der Waals surface area contributed by atoms with Gasteiger partial charge in [-0.15, -0.1) is 11.3 Å². The number of carbonyl (C=O) groups is 2. The lowest BCUT2D eigenvalue weighted by Gasteiger charge is -2.28. The van der Waals surface area contributed by atoms with Crippen molar-refractivity contribution in [3.8, 4) is 0 Å². The fraction of sp³-hybridized carbons (Fsp3) is 0.611. The third-order valence-corrected chi connectivity index (χ3v) is 5.37. The van der Waals surface area contributed by atoms with E-state index in [9.17, 15) is 18.4 Å². The van der Waals surface area contributed by atoms with Crippen molar-refractivity contribution in [2.24, 2.45) is 0 Å². The second-order valence-electron chi connectivity index (χ2n) is 7.77. The van der Waals surface area contributed by atoms with Crippen LogP contribution in [0.3, 0.4) is 0 Å². The van der Waals surface area contributed by atoms with Crippen molar-refractivity contribution >= 4 is 28.5 Å². The van der Waals surface area contributed by atoms with Gasteiger partial charge >= 0.3 is 12.1 Å². The Kier molecular flexibility index (Phi) is 5.35. The van der Waals surface area contributed by atoms with Gasteiger partial charge in [0.25, 0.3) is 5.92 Å². The van der Waals surface area contributed by atoms with Gasteiger partial charge in [0.15, 0.2) is 10.8 Å². The van der Waals surface area contributed by atoms with Crippen LogP contribution in [-0.2, 0) is 9.47 Å². The first kappa shape index (κ1) is 20.5. The number of anilines is 1. The van der Waals surface area contributed by atoms with Gasteiger partial charge in [-0.3, -0.25) is 4.90 Å². The van der Waals surface area contributed by atoms with E-state index in [2.05, 4.69) is 11.6 Å². The Morgan fingerprint density at radius 2 is 2.18 bits per heavy atom. The number of alkyl halides is 2. The number of thiazole rings is 1. The average molecular weight is 415 g/mol.